The van der Waals surface area contributed by atoms with Gasteiger partial charge in [-0.05, 0) is 48.6 Å². The predicted octanol–water partition coefficient (Wildman–Crippen LogP) is 3.31. The number of aliphatic imine (C=N–C) groups is 1. The molecule has 1 aliphatic rings. The van der Waals surface area contributed by atoms with E-state index in [1.54, 1.807) is 0 Å². The highest BCUT2D eigenvalue weighted by molar-refractivity contribution is 5.79. The van der Waals surface area contributed by atoms with Gasteiger partial charge in [-0.2, -0.15) is 0 Å². The molecule has 1 aliphatic heterocycles. The second-order valence-electron chi connectivity index (χ2n) is 7.81. The van der Waals surface area contributed by atoms with E-state index in [1.165, 1.54) is 33.4 Å². The molecule has 0 bridgehead atoms. The molecule has 1 fully saturated rings. The largest absolute Gasteiger partial charge is 0.379 e. The number of benzene rings is 2. The lowest BCUT2D eigenvalue weighted by atomic mass is 10.00. The van der Waals surface area contributed by atoms with E-state index in [1.807, 2.05) is 7.05 Å². The molecule has 5 heteroatoms. The first-order valence-corrected chi connectivity index (χ1v) is 10.4. The highest BCUT2D eigenvalue weighted by atomic mass is 16.5. The molecule has 1 saturated heterocycles. The van der Waals surface area contributed by atoms with Gasteiger partial charge in [-0.15, -0.1) is 0 Å². The highest BCUT2D eigenvalue weighted by Gasteiger charge is 2.13. The molecular weight excluding hydrogens is 360 g/mol. The topological polar surface area (TPSA) is 48.9 Å². The minimum absolute atomic E-state index is 0.756. The molecule has 2 aromatic rings. The summed E-state index contributed by atoms with van der Waals surface area (Å²) in [4.78, 5) is 6.86. The summed E-state index contributed by atoms with van der Waals surface area (Å²) in [6.45, 7) is 12.6. The minimum atomic E-state index is 0.756. The third kappa shape index (κ3) is 6.05. The molecule has 2 aromatic carbocycles. The van der Waals surface area contributed by atoms with Crippen molar-refractivity contribution in [1.82, 2.24) is 15.5 Å². The van der Waals surface area contributed by atoms with Gasteiger partial charge in [-0.1, -0.05) is 42.0 Å². The van der Waals surface area contributed by atoms with E-state index >= 15 is 0 Å². The second kappa shape index (κ2) is 10.4. The third-order valence-corrected chi connectivity index (χ3v) is 5.56. The van der Waals surface area contributed by atoms with E-state index in [2.05, 4.69) is 77.7 Å². The zero-order valence-electron chi connectivity index (χ0n) is 18.2. The number of hydrogen-bond donors (Lipinski definition) is 2. The van der Waals surface area contributed by atoms with Gasteiger partial charge in [0.05, 0.1) is 13.2 Å². The van der Waals surface area contributed by atoms with Crippen LogP contribution < -0.4 is 10.6 Å². The second-order valence-corrected chi connectivity index (χ2v) is 7.81. The Morgan fingerprint density at radius 1 is 0.966 bits per heavy atom. The van der Waals surface area contributed by atoms with Crippen molar-refractivity contribution in [2.45, 2.75) is 40.4 Å². The molecular formula is C24H34N4O. The van der Waals surface area contributed by atoms with E-state index in [-0.39, 0.29) is 0 Å². The maximum atomic E-state index is 5.47. The lowest BCUT2D eigenvalue weighted by Gasteiger charge is -2.27. The van der Waals surface area contributed by atoms with Crippen molar-refractivity contribution in [3.8, 4) is 0 Å². The number of ether oxygens (including phenoxy) is 1. The van der Waals surface area contributed by atoms with E-state index < -0.39 is 0 Å². The predicted molar refractivity (Wildman–Crippen MR) is 120 cm³/mol. The van der Waals surface area contributed by atoms with Crippen LogP contribution in [0, 0.1) is 20.8 Å². The van der Waals surface area contributed by atoms with E-state index in [9.17, 15) is 0 Å². The van der Waals surface area contributed by atoms with Crippen LogP contribution in [-0.2, 0) is 24.4 Å². The van der Waals surface area contributed by atoms with Crippen LogP contribution in [0.15, 0.2) is 41.4 Å². The minimum Gasteiger partial charge on any atom is -0.379 e. The molecule has 2 N–H and O–H groups in total. The number of nitrogens with zero attached hydrogens (tertiary/aromatic N) is 2. The van der Waals surface area contributed by atoms with Crippen LogP contribution in [0.4, 0.5) is 0 Å². The lowest BCUT2D eigenvalue weighted by molar-refractivity contribution is 0.0341. The van der Waals surface area contributed by atoms with Gasteiger partial charge in [0.1, 0.15) is 0 Å². The molecule has 156 valence electrons. The fourth-order valence-electron chi connectivity index (χ4n) is 3.94. The maximum Gasteiger partial charge on any atom is 0.191 e. The average molecular weight is 395 g/mol. The van der Waals surface area contributed by atoms with Crippen molar-refractivity contribution in [1.29, 1.82) is 0 Å². The molecule has 3 rings (SSSR count). The lowest BCUT2D eigenvalue weighted by Crippen LogP contribution is -2.38. The fourth-order valence-corrected chi connectivity index (χ4v) is 3.94. The summed E-state index contributed by atoms with van der Waals surface area (Å²) in [6.07, 6.45) is 0. The Bertz CT molecular complexity index is 818. The summed E-state index contributed by atoms with van der Waals surface area (Å²) in [5.74, 6) is 0.825. The van der Waals surface area contributed by atoms with Crippen LogP contribution in [0.25, 0.3) is 0 Å². The van der Waals surface area contributed by atoms with Gasteiger partial charge in [0, 0.05) is 39.8 Å². The summed E-state index contributed by atoms with van der Waals surface area (Å²) in [6, 6.07) is 13.1. The number of nitrogens with one attached hydrogen (secondary N) is 2. The number of rotatable bonds is 6. The van der Waals surface area contributed by atoms with Gasteiger partial charge >= 0.3 is 0 Å². The van der Waals surface area contributed by atoms with Crippen molar-refractivity contribution >= 4 is 5.96 Å². The van der Waals surface area contributed by atoms with Crippen molar-refractivity contribution in [3.05, 3.63) is 69.8 Å². The first kappa shape index (κ1) is 21.3. The van der Waals surface area contributed by atoms with Crippen molar-refractivity contribution in [2.75, 3.05) is 33.4 Å². The molecule has 0 aliphatic carbocycles. The van der Waals surface area contributed by atoms with Gasteiger partial charge in [0.15, 0.2) is 5.96 Å². The first-order chi connectivity index (χ1) is 14.1. The number of hydrogen-bond acceptors (Lipinski definition) is 3. The third-order valence-electron chi connectivity index (χ3n) is 5.56. The van der Waals surface area contributed by atoms with Crippen LogP contribution >= 0.6 is 0 Å². The summed E-state index contributed by atoms with van der Waals surface area (Å²) < 4.78 is 5.47. The Balaban J connectivity index is 1.58. The van der Waals surface area contributed by atoms with Gasteiger partial charge in [0.25, 0.3) is 0 Å². The van der Waals surface area contributed by atoms with Gasteiger partial charge in [-0.25, -0.2) is 0 Å². The van der Waals surface area contributed by atoms with E-state index in [4.69, 9.17) is 4.74 Å². The average Bonchev–Trinajstić information content (AvgIpc) is 2.71. The fraction of sp³-hybridized carbons (Fsp3) is 0.458. The normalized spacial score (nSPS) is 15.4. The van der Waals surface area contributed by atoms with E-state index in [0.717, 1.165) is 51.9 Å². The Hall–Kier alpha value is -2.37. The summed E-state index contributed by atoms with van der Waals surface area (Å²) in [5.41, 5.74) is 7.96. The summed E-state index contributed by atoms with van der Waals surface area (Å²) >= 11 is 0. The van der Waals surface area contributed by atoms with Gasteiger partial charge < -0.3 is 15.4 Å². The van der Waals surface area contributed by atoms with Gasteiger partial charge in [-0.3, -0.25) is 9.89 Å². The summed E-state index contributed by atoms with van der Waals surface area (Å²) in [5, 5.41) is 6.95. The monoisotopic (exact) mass is 394 g/mol. The number of morpholine rings is 1. The first-order valence-electron chi connectivity index (χ1n) is 10.4. The SMILES string of the molecule is CN=C(NCc1ccccc1CN1CCOCC1)NCc1c(C)cc(C)cc1C. The van der Waals surface area contributed by atoms with Crippen LogP contribution in [0.2, 0.25) is 0 Å². The summed E-state index contributed by atoms with van der Waals surface area (Å²) in [7, 11) is 1.82. The molecule has 0 saturated carbocycles. The molecule has 0 aromatic heterocycles. The van der Waals surface area contributed by atoms with Crippen molar-refractivity contribution < 1.29 is 4.74 Å². The highest BCUT2D eigenvalue weighted by Crippen LogP contribution is 2.16. The molecule has 5 nitrogen and oxygen atoms in total. The standard InChI is InChI=1S/C24H34N4O/c1-18-13-19(2)23(20(3)14-18)16-27-24(25-4)26-15-21-7-5-6-8-22(21)17-28-9-11-29-12-10-28/h5-8,13-14H,9-12,15-17H2,1-4H3,(H2,25,26,27). The molecule has 0 amide bonds. The Morgan fingerprint density at radius 2 is 1.59 bits per heavy atom. The smallest absolute Gasteiger partial charge is 0.191 e. The van der Waals surface area contributed by atoms with E-state index in [0.29, 0.717) is 0 Å². The molecule has 0 radical (unpaired) electrons. The Morgan fingerprint density at radius 3 is 2.24 bits per heavy atom. The quantitative estimate of drug-likeness (QED) is 0.583. The Labute approximate surface area is 175 Å². The molecule has 0 unspecified atom stereocenters. The van der Waals surface area contributed by atoms with Crippen LogP contribution in [0.3, 0.4) is 0 Å². The zero-order valence-corrected chi connectivity index (χ0v) is 18.2. The molecule has 0 spiro atoms. The molecule has 29 heavy (non-hydrogen) atoms. The van der Waals surface area contributed by atoms with Crippen molar-refractivity contribution in [2.24, 2.45) is 4.99 Å². The molecule has 0 atom stereocenters. The number of aryl methyl sites for hydroxylation is 3. The van der Waals surface area contributed by atoms with Crippen molar-refractivity contribution in [3.63, 3.8) is 0 Å². The Kier molecular flexibility index (Phi) is 7.67. The van der Waals surface area contributed by atoms with Crippen LogP contribution in [0.1, 0.15) is 33.4 Å². The maximum absolute atomic E-state index is 5.47. The number of guanidine groups is 1. The van der Waals surface area contributed by atoms with Crippen LogP contribution in [-0.4, -0.2) is 44.2 Å². The van der Waals surface area contributed by atoms with Crippen LogP contribution in [0.5, 0.6) is 0 Å². The zero-order chi connectivity index (χ0) is 20.6. The van der Waals surface area contributed by atoms with Gasteiger partial charge in [0.2, 0.25) is 0 Å². The molecule has 1 heterocycles.